The van der Waals surface area contributed by atoms with Crippen molar-refractivity contribution in [3.8, 4) is 0 Å². The summed E-state index contributed by atoms with van der Waals surface area (Å²) in [5.74, 6) is 6.04. The van der Waals surface area contributed by atoms with Crippen LogP contribution in [0.4, 0.5) is 5.69 Å². The Hall–Kier alpha value is -1.99. The Morgan fingerprint density at radius 1 is 1.52 bits per heavy atom. The van der Waals surface area contributed by atoms with Crippen molar-refractivity contribution in [1.82, 2.24) is 14.9 Å². The van der Waals surface area contributed by atoms with Crippen LogP contribution in [0.3, 0.4) is 0 Å². The summed E-state index contributed by atoms with van der Waals surface area (Å²) in [6.07, 6.45) is 1.55. The van der Waals surface area contributed by atoms with Crippen molar-refractivity contribution in [3.05, 3.63) is 40.1 Å². The number of nitrogen functional groups attached to an aromatic ring is 1. The highest BCUT2D eigenvalue weighted by atomic mass is 32.1. The molecule has 3 N–H and O–H groups in total. The molecule has 0 aliphatic rings. The number of aromatic nitrogens is 2. The number of carbonyl (C=O) groups excluding carboxylic acids is 1. The van der Waals surface area contributed by atoms with E-state index in [-0.39, 0.29) is 11.8 Å². The van der Waals surface area contributed by atoms with Gasteiger partial charge in [0.2, 0.25) is 0 Å². The lowest BCUT2D eigenvalue weighted by Crippen LogP contribution is -2.29. The van der Waals surface area contributed by atoms with Gasteiger partial charge in [-0.2, -0.15) is 0 Å². The first-order valence-corrected chi connectivity index (χ1v) is 7.52. The summed E-state index contributed by atoms with van der Waals surface area (Å²) in [6.45, 7) is 4.50. The molecule has 112 valence electrons. The SMILES string of the molecule is CC(C)c1ncc(NN)c(C(=O)N(C)Cc2cccs2)n1. The standard InChI is InChI=1S/C14H19N5OS/c1-9(2)13-16-7-11(18-15)12(17-13)14(20)19(3)8-10-5-4-6-21-10/h4-7,9,18H,8,15H2,1-3H3. The summed E-state index contributed by atoms with van der Waals surface area (Å²) >= 11 is 1.61. The maximum Gasteiger partial charge on any atom is 0.274 e. The van der Waals surface area contributed by atoms with Crippen LogP contribution in [0.1, 0.15) is 41.0 Å². The average molecular weight is 305 g/mol. The molecule has 0 saturated heterocycles. The molecule has 2 aromatic heterocycles. The van der Waals surface area contributed by atoms with Gasteiger partial charge in [-0.3, -0.25) is 10.6 Å². The molecular formula is C14H19N5OS. The maximum absolute atomic E-state index is 12.6. The fraction of sp³-hybridized carbons (Fsp3) is 0.357. The van der Waals surface area contributed by atoms with E-state index in [1.807, 2.05) is 31.4 Å². The van der Waals surface area contributed by atoms with Gasteiger partial charge in [0.05, 0.1) is 18.4 Å². The molecule has 2 heterocycles. The lowest BCUT2D eigenvalue weighted by atomic mass is 10.2. The monoisotopic (exact) mass is 305 g/mol. The Morgan fingerprint density at radius 2 is 2.29 bits per heavy atom. The lowest BCUT2D eigenvalue weighted by Gasteiger charge is -2.18. The van der Waals surface area contributed by atoms with Crippen LogP contribution >= 0.6 is 11.3 Å². The predicted octanol–water partition coefficient (Wildman–Crippen LogP) is 2.22. The molecule has 7 heteroatoms. The Balaban J connectivity index is 2.26. The van der Waals surface area contributed by atoms with Crippen LogP contribution in [0.2, 0.25) is 0 Å². The molecule has 2 aromatic rings. The number of thiophene rings is 1. The van der Waals surface area contributed by atoms with Gasteiger partial charge in [0.25, 0.3) is 5.91 Å². The van der Waals surface area contributed by atoms with Crippen LogP contribution < -0.4 is 11.3 Å². The Labute approximate surface area is 128 Å². The normalized spacial score (nSPS) is 10.7. The summed E-state index contributed by atoms with van der Waals surface area (Å²) in [5, 5.41) is 1.99. The average Bonchev–Trinajstić information content (AvgIpc) is 2.98. The van der Waals surface area contributed by atoms with E-state index in [9.17, 15) is 4.79 Å². The first-order chi connectivity index (χ1) is 10.0. The predicted molar refractivity (Wildman–Crippen MR) is 84.0 cm³/mol. The molecule has 0 unspecified atom stereocenters. The largest absolute Gasteiger partial charge is 0.335 e. The van der Waals surface area contributed by atoms with E-state index in [2.05, 4.69) is 15.4 Å². The van der Waals surface area contributed by atoms with Crippen molar-refractivity contribution in [2.24, 2.45) is 5.84 Å². The third-order valence-electron chi connectivity index (χ3n) is 3.00. The molecule has 0 aliphatic heterocycles. The van der Waals surface area contributed by atoms with Crippen LogP contribution in [0.5, 0.6) is 0 Å². The van der Waals surface area contributed by atoms with Gasteiger partial charge in [0, 0.05) is 17.8 Å². The second kappa shape index (κ2) is 6.64. The molecule has 0 aliphatic carbocycles. The summed E-state index contributed by atoms with van der Waals surface area (Å²) in [6, 6.07) is 3.96. The quantitative estimate of drug-likeness (QED) is 0.653. The lowest BCUT2D eigenvalue weighted by molar-refractivity contribution is 0.0781. The molecule has 0 spiro atoms. The number of nitrogens with one attached hydrogen (secondary N) is 1. The van der Waals surface area contributed by atoms with Gasteiger partial charge < -0.3 is 10.3 Å². The first kappa shape index (κ1) is 15.4. The zero-order chi connectivity index (χ0) is 15.4. The van der Waals surface area contributed by atoms with Gasteiger partial charge in [-0.05, 0) is 11.4 Å². The summed E-state index contributed by atoms with van der Waals surface area (Å²) in [5.41, 5.74) is 3.22. The van der Waals surface area contributed by atoms with E-state index < -0.39 is 0 Å². The van der Waals surface area contributed by atoms with Gasteiger partial charge in [-0.25, -0.2) is 9.97 Å². The molecule has 2 rings (SSSR count). The fourth-order valence-corrected chi connectivity index (χ4v) is 2.59. The highest BCUT2D eigenvalue weighted by Crippen LogP contribution is 2.18. The highest BCUT2D eigenvalue weighted by molar-refractivity contribution is 7.09. The van der Waals surface area contributed by atoms with Crippen molar-refractivity contribution in [2.45, 2.75) is 26.3 Å². The van der Waals surface area contributed by atoms with Gasteiger partial charge in [0.15, 0.2) is 5.69 Å². The van der Waals surface area contributed by atoms with Crippen LogP contribution in [-0.2, 0) is 6.54 Å². The Bertz CT molecular complexity index is 612. The maximum atomic E-state index is 12.6. The zero-order valence-electron chi connectivity index (χ0n) is 12.3. The van der Waals surface area contributed by atoms with Gasteiger partial charge in [-0.1, -0.05) is 19.9 Å². The molecule has 6 nitrogen and oxygen atoms in total. The number of anilines is 1. The first-order valence-electron chi connectivity index (χ1n) is 6.64. The molecule has 0 fully saturated rings. The minimum absolute atomic E-state index is 0.144. The molecule has 0 radical (unpaired) electrons. The van der Waals surface area contributed by atoms with Crippen molar-refractivity contribution >= 4 is 22.9 Å². The van der Waals surface area contributed by atoms with E-state index in [0.717, 1.165) is 4.88 Å². The Morgan fingerprint density at radius 3 is 2.86 bits per heavy atom. The van der Waals surface area contributed by atoms with Crippen LogP contribution in [0.25, 0.3) is 0 Å². The molecule has 0 atom stereocenters. The third kappa shape index (κ3) is 3.56. The van der Waals surface area contributed by atoms with E-state index in [0.29, 0.717) is 23.8 Å². The molecule has 0 aromatic carbocycles. The summed E-state index contributed by atoms with van der Waals surface area (Å²) < 4.78 is 0. The molecule has 1 amide bonds. The summed E-state index contributed by atoms with van der Waals surface area (Å²) in [7, 11) is 1.75. The van der Waals surface area contributed by atoms with Crippen LogP contribution in [0, 0.1) is 0 Å². The van der Waals surface area contributed by atoms with E-state index in [4.69, 9.17) is 5.84 Å². The van der Waals surface area contributed by atoms with Gasteiger partial charge in [0.1, 0.15) is 5.82 Å². The molecule has 0 bridgehead atoms. The van der Waals surface area contributed by atoms with E-state index >= 15 is 0 Å². The van der Waals surface area contributed by atoms with Crippen LogP contribution in [0.15, 0.2) is 23.7 Å². The molecule has 21 heavy (non-hydrogen) atoms. The third-order valence-corrected chi connectivity index (χ3v) is 3.86. The van der Waals surface area contributed by atoms with E-state index in [1.54, 1.807) is 29.5 Å². The zero-order valence-corrected chi connectivity index (χ0v) is 13.1. The minimum atomic E-state index is -0.180. The van der Waals surface area contributed by atoms with Crippen molar-refractivity contribution in [3.63, 3.8) is 0 Å². The van der Waals surface area contributed by atoms with Crippen molar-refractivity contribution in [1.29, 1.82) is 0 Å². The second-order valence-corrected chi connectivity index (χ2v) is 6.06. The minimum Gasteiger partial charge on any atom is -0.335 e. The summed E-state index contributed by atoms with van der Waals surface area (Å²) in [4.78, 5) is 23.9. The Kier molecular flexibility index (Phi) is 4.87. The number of nitrogens with zero attached hydrogens (tertiary/aromatic N) is 3. The number of hydrogen-bond donors (Lipinski definition) is 2. The second-order valence-electron chi connectivity index (χ2n) is 5.03. The fourth-order valence-electron chi connectivity index (χ4n) is 1.83. The number of hydrogen-bond acceptors (Lipinski definition) is 6. The van der Waals surface area contributed by atoms with Gasteiger partial charge >= 0.3 is 0 Å². The topological polar surface area (TPSA) is 84.1 Å². The number of hydrazine groups is 1. The molecule has 0 saturated carbocycles. The van der Waals surface area contributed by atoms with Crippen molar-refractivity contribution < 1.29 is 4.79 Å². The highest BCUT2D eigenvalue weighted by Gasteiger charge is 2.20. The van der Waals surface area contributed by atoms with Crippen molar-refractivity contribution in [2.75, 3.05) is 12.5 Å². The van der Waals surface area contributed by atoms with E-state index in [1.165, 1.54) is 0 Å². The number of rotatable bonds is 5. The number of carbonyl (C=O) groups is 1. The smallest absolute Gasteiger partial charge is 0.274 e. The van der Waals surface area contributed by atoms with Crippen LogP contribution in [-0.4, -0.2) is 27.8 Å². The molecular weight excluding hydrogens is 286 g/mol. The number of nitrogens with two attached hydrogens (primary N) is 1. The number of amides is 1. The van der Waals surface area contributed by atoms with Gasteiger partial charge in [-0.15, -0.1) is 11.3 Å².